The van der Waals surface area contributed by atoms with Gasteiger partial charge in [-0.2, -0.15) is 0 Å². The molecule has 2 unspecified atom stereocenters. The van der Waals surface area contributed by atoms with Crippen molar-refractivity contribution in [2.24, 2.45) is 0 Å². The van der Waals surface area contributed by atoms with E-state index >= 15 is 0 Å². The molecule has 20 heavy (non-hydrogen) atoms. The zero-order valence-corrected chi connectivity index (χ0v) is 12.6. The molecule has 0 spiro atoms. The highest BCUT2D eigenvalue weighted by Crippen LogP contribution is 2.38. The van der Waals surface area contributed by atoms with Gasteiger partial charge >= 0.3 is 0 Å². The molecule has 2 aromatic carbocycles. The van der Waals surface area contributed by atoms with Gasteiger partial charge in [0.25, 0.3) is 0 Å². The second kappa shape index (κ2) is 4.64. The van der Waals surface area contributed by atoms with E-state index in [0.717, 1.165) is 10.9 Å². The van der Waals surface area contributed by atoms with Gasteiger partial charge in [-0.1, -0.05) is 24.3 Å². The van der Waals surface area contributed by atoms with Gasteiger partial charge in [0.1, 0.15) is 0 Å². The van der Waals surface area contributed by atoms with Crippen LogP contribution in [0.5, 0.6) is 0 Å². The predicted octanol–water partition coefficient (Wildman–Crippen LogP) is 4.38. The molecule has 2 bridgehead atoms. The average molecular weight is 281 g/mol. The Hall–Kier alpha value is -1.25. The molecule has 0 N–H and O–H groups in total. The van der Waals surface area contributed by atoms with Gasteiger partial charge in [0.05, 0.1) is 0 Å². The monoisotopic (exact) mass is 281 g/mol. The van der Waals surface area contributed by atoms with Crippen molar-refractivity contribution < 1.29 is 0 Å². The van der Waals surface area contributed by atoms with E-state index in [4.69, 9.17) is 0 Å². The lowest BCUT2D eigenvalue weighted by Gasteiger charge is -2.30. The molecular formula is C18H19NS. The normalized spacial score (nSPS) is 26.0. The molecule has 0 amide bonds. The zero-order chi connectivity index (χ0) is 13.7. The lowest BCUT2D eigenvalue weighted by Crippen LogP contribution is -2.34. The van der Waals surface area contributed by atoms with E-state index in [0.29, 0.717) is 6.04 Å². The van der Waals surface area contributed by atoms with Crippen LogP contribution < -0.4 is 0 Å². The van der Waals surface area contributed by atoms with Crippen molar-refractivity contribution >= 4 is 29.0 Å². The average Bonchev–Trinajstić information content (AvgIpc) is 2.68. The number of benzene rings is 2. The maximum absolute atomic E-state index is 4.41. The van der Waals surface area contributed by atoms with Crippen LogP contribution in [0, 0.1) is 0 Å². The number of rotatable bonds is 1. The summed E-state index contributed by atoms with van der Waals surface area (Å²) in [5, 5.41) is 2.59. The van der Waals surface area contributed by atoms with Crippen LogP contribution in [-0.2, 0) is 0 Å². The van der Waals surface area contributed by atoms with Crippen molar-refractivity contribution in [1.29, 1.82) is 0 Å². The van der Waals surface area contributed by atoms with Crippen molar-refractivity contribution in [3.8, 4) is 0 Å². The third-order valence-electron chi connectivity index (χ3n) is 4.94. The highest BCUT2D eigenvalue weighted by atomic mass is 32.1. The summed E-state index contributed by atoms with van der Waals surface area (Å²) in [4.78, 5) is 3.57. The summed E-state index contributed by atoms with van der Waals surface area (Å²) in [7, 11) is 2.27. The largest absolute Gasteiger partial charge is 0.297 e. The summed E-state index contributed by atoms with van der Waals surface area (Å²) in [5.74, 6) is 0. The Morgan fingerprint density at radius 2 is 1.85 bits per heavy atom. The number of thiol groups is 1. The number of likely N-dealkylation sites (N-methyl/N-ethyl adjacent to an activating group) is 1. The summed E-state index contributed by atoms with van der Waals surface area (Å²) >= 11 is 4.41. The van der Waals surface area contributed by atoms with E-state index in [9.17, 15) is 0 Å². The van der Waals surface area contributed by atoms with Crippen molar-refractivity contribution in [1.82, 2.24) is 4.90 Å². The van der Waals surface area contributed by atoms with E-state index in [1.807, 2.05) is 0 Å². The van der Waals surface area contributed by atoms with Crippen LogP contribution in [0.25, 0.3) is 16.3 Å². The van der Waals surface area contributed by atoms with E-state index in [1.54, 1.807) is 0 Å². The van der Waals surface area contributed by atoms with Gasteiger partial charge in [0.2, 0.25) is 0 Å². The molecule has 0 saturated carbocycles. The first-order valence-electron chi connectivity index (χ1n) is 7.36. The van der Waals surface area contributed by atoms with E-state index in [2.05, 4.69) is 67.1 Å². The van der Waals surface area contributed by atoms with Crippen LogP contribution in [0.3, 0.4) is 0 Å². The highest BCUT2D eigenvalue weighted by Gasteiger charge is 2.33. The Labute approximate surface area is 125 Å². The highest BCUT2D eigenvalue weighted by molar-refractivity contribution is 7.80. The molecule has 0 aromatic heterocycles. The smallest absolute Gasteiger partial charge is 0.0284 e. The third-order valence-corrected chi connectivity index (χ3v) is 5.22. The molecule has 2 heteroatoms. The van der Waals surface area contributed by atoms with Gasteiger partial charge in [-0.3, -0.25) is 4.90 Å². The summed E-state index contributed by atoms with van der Waals surface area (Å²) in [5.41, 5.74) is 2.93. The second-order valence-corrected chi connectivity index (χ2v) is 6.62. The van der Waals surface area contributed by atoms with Crippen LogP contribution in [-0.4, -0.2) is 24.0 Å². The van der Waals surface area contributed by atoms with Crippen LogP contribution in [0.15, 0.2) is 47.4 Å². The van der Waals surface area contributed by atoms with Gasteiger partial charge in [-0.05, 0) is 66.4 Å². The summed E-state index contributed by atoms with van der Waals surface area (Å²) in [6.45, 7) is 0. The number of fused-ring (bicyclic) bond motifs is 3. The maximum atomic E-state index is 4.41. The zero-order valence-electron chi connectivity index (χ0n) is 11.7. The Balaban J connectivity index is 1.76. The van der Waals surface area contributed by atoms with Crippen molar-refractivity contribution in [2.45, 2.75) is 36.2 Å². The molecule has 4 rings (SSSR count). The SMILES string of the molecule is CN1C2C=C(c3ccc4cc(S)ccc4c3)CC1CC2. The predicted molar refractivity (Wildman–Crippen MR) is 88.4 cm³/mol. The minimum atomic E-state index is 0.652. The van der Waals surface area contributed by atoms with E-state index in [1.165, 1.54) is 41.2 Å². The number of hydrogen-bond acceptors (Lipinski definition) is 2. The Bertz CT molecular complexity index is 704. The molecule has 2 heterocycles. The van der Waals surface area contributed by atoms with Crippen LogP contribution in [0.1, 0.15) is 24.8 Å². The summed E-state index contributed by atoms with van der Waals surface area (Å²) in [6, 6.07) is 14.6. The molecule has 1 nitrogen and oxygen atoms in total. The standard InChI is InChI=1S/C18H19NS/c1-19-16-5-6-17(19)10-15(9-16)13-2-3-14-11-18(20)7-4-12(14)8-13/h2-4,7-9,11,16-17,20H,5-6,10H2,1H3. The van der Waals surface area contributed by atoms with Crippen LogP contribution in [0.2, 0.25) is 0 Å². The van der Waals surface area contributed by atoms with Gasteiger partial charge in [-0.25, -0.2) is 0 Å². The quantitative estimate of drug-likeness (QED) is 0.759. The number of hydrogen-bond donors (Lipinski definition) is 1. The minimum absolute atomic E-state index is 0.652. The Morgan fingerprint density at radius 1 is 1.05 bits per heavy atom. The number of nitrogens with zero attached hydrogens (tertiary/aromatic N) is 1. The summed E-state index contributed by atoms with van der Waals surface area (Å²) in [6.07, 6.45) is 6.35. The molecule has 2 aliphatic rings. The minimum Gasteiger partial charge on any atom is -0.297 e. The molecule has 2 aromatic rings. The van der Waals surface area contributed by atoms with E-state index in [-0.39, 0.29) is 0 Å². The molecule has 0 radical (unpaired) electrons. The maximum Gasteiger partial charge on any atom is 0.0284 e. The third kappa shape index (κ3) is 1.99. The van der Waals surface area contributed by atoms with Gasteiger partial charge < -0.3 is 0 Å². The first-order chi connectivity index (χ1) is 9.70. The van der Waals surface area contributed by atoms with Crippen molar-refractivity contribution in [2.75, 3.05) is 7.05 Å². The lowest BCUT2D eigenvalue weighted by molar-refractivity contribution is 0.264. The van der Waals surface area contributed by atoms with Crippen molar-refractivity contribution in [3.05, 3.63) is 48.0 Å². The fourth-order valence-corrected chi connectivity index (χ4v) is 3.90. The first-order valence-corrected chi connectivity index (χ1v) is 7.81. The van der Waals surface area contributed by atoms with Gasteiger partial charge in [0.15, 0.2) is 0 Å². The second-order valence-electron chi connectivity index (χ2n) is 6.11. The molecule has 102 valence electrons. The van der Waals surface area contributed by atoms with Gasteiger partial charge in [0, 0.05) is 17.0 Å². The first kappa shape index (κ1) is 12.5. The van der Waals surface area contributed by atoms with Crippen molar-refractivity contribution in [3.63, 3.8) is 0 Å². The molecule has 2 atom stereocenters. The Morgan fingerprint density at radius 3 is 2.70 bits per heavy atom. The molecule has 2 aliphatic heterocycles. The molecular weight excluding hydrogens is 262 g/mol. The summed E-state index contributed by atoms with van der Waals surface area (Å²) < 4.78 is 0. The topological polar surface area (TPSA) is 3.24 Å². The lowest BCUT2D eigenvalue weighted by atomic mass is 9.93. The molecule has 0 aliphatic carbocycles. The fraction of sp³-hybridized carbons (Fsp3) is 0.333. The fourth-order valence-electron chi connectivity index (χ4n) is 3.69. The van der Waals surface area contributed by atoms with Gasteiger partial charge in [-0.15, -0.1) is 12.6 Å². The molecule has 1 fully saturated rings. The van der Waals surface area contributed by atoms with Crippen LogP contribution in [0.4, 0.5) is 0 Å². The molecule has 1 saturated heterocycles. The Kier molecular flexibility index (Phi) is 2.90. The van der Waals surface area contributed by atoms with E-state index < -0.39 is 0 Å². The van der Waals surface area contributed by atoms with Crippen LogP contribution >= 0.6 is 12.6 Å².